The summed E-state index contributed by atoms with van der Waals surface area (Å²) >= 11 is 0. The average Bonchev–Trinajstić information content (AvgIpc) is 2.84. The van der Waals surface area contributed by atoms with Crippen LogP contribution in [0.3, 0.4) is 0 Å². The van der Waals surface area contributed by atoms with E-state index in [1.54, 1.807) is 16.8 Å². The summed E-state index contributed by atoms with van der Waals surface area (Å²) in [7, 11) is 0. The van der Waals surface area contributed by atoms with E-state index in [1.807, 2.05) is 25.1 Å². The second-order valence-electron chi connectivity index (χ2n) is 5.77. The minimum atomic E-state index is -0.288. The van der Waals surface area contributed by atoms with Crippen molar-refractivity contribution in [2.75, 3.05) is 5.73 Å². The molecule has 0 fully saturated rings. The molecule has 0 bridgehead atoms. The molecule has 4 nitrogen and oxygen atoms in total. The van der Waals surface area contributed by atoms with Gasteiger partial charge in [-0.05, 0) is 30.2 Å². The van der Waals surface area contributed by atoms with Crippen LogP contribution in [0.1, 0.15) is 27.9 Å². The number of rotatable bonds is 4. The van der Waals surface area contributed by atoms with Crippen molar-refractivity contribution in [3.05, 3.63) is 82.3 Å². The number of hydrogen-bond acceptors (Lipinski definition) is 3. The first-order valence-electron chi connectivity index (χ1n) is 7.62. The van der Waals surface area contributed by atoms with Gasteiger partial charge in [0.05, 0.1) is 12.2 Å². The quantitative estimate of drug-likeness (QED) is 0.801. The van der Waals surface area contributed by atoms with Gasteiger partial charge in [0.1, 0.15) is 23.3 Å². The van der Waals surface area contributed by atoms with E-state index in [4.69, 9.17) is 5.73 Å². The van der Waals surface area contributed by atoms with E-state index < -0.39 is 0 Å². The highest BCUT2D eigenvalue weighted by atomic mass is 19.1. The molecule has 0 aliphatic heterocycles. The van der Waals surface area contributed by atoms with Gasteiger partial charge in [-0.25, -0.2) is 9.07 Å². The molecule has 0 saturated heterocycles. The maximum absolute atomic E-state index is 13.0. The Morgan fingerprint density at radius 1 is 1.17 bits per heavy atom. The fraction of sp³-hybridized carbons (Fsp3) is 0.158. The third-order valence-corrected chi connectivity index (χ3v) is 3.88. The summed E-state index contributed by atoms with van der Waals surface area (Å²) in [5, 5.41) is 13.9. The first-order chi connectivity index (χ1) is 11.6. The molecule has 2 aromatic carbocycles. The standard InChI is InChI=1S/C19H17FN4/c1-13-3-2-4-15(9-13)12-24-19(22)17(11-21)18(23-24)10-14-5-7-16(20)8-6-14/h2-9H,10,12,22H2,1H3. The van der Waals surface area contributed by atoms with Crippen LogP contribution in [0.2, 0.25) is 0 Å². The topological polar surface area (TPSA) is 67.6 Å². The molecule has 0 unspecified atom stereocenters. The van der Waals surface area contributed by atoms with Crippen molar-refractivity contribution in [3.8, 4) is 6.07 Å². The van der Waals surface area contributed by atoms with Gasteiger partial charge >= 0.3 is 0 Å². The lowest BCUT2D eigenvalue weighted by Gasteiger charge is -2.05. The van der Waals surface area contributed by atoms with Crippen molar-refractivity contribution in [1.82, 2.24) is 9.78 Å². The average molecular weight is 320 g/mol. The van der Waals surface area contributed by atoms with Crippen LogP contribution < -0.4 is 5.73 Å². The van der Waals surface area contributed by atoms with Gasteiger partial charge in [-0.15, -0.1) is 0 Å². The summed E-state index contributed by atoms with van der Waals surface area (Å²) < 4.78 is 14.7. The van der Waals surface area contributed by atoms with Crippen LogP contribution in [0.5, 0.6) is 0 Å². The lowest BCUT2D eigenvalue weighted by Crippen LogP contribution is -2.06. The molecule has 0 atom stereocenters. The zero-order valence-corrected chi connectivity index (χ0v) is 13.3. The Morgan fingerprint density at radius 2 is 1.92 bits per heavy atom. The number of halogens is 1. The summed E-state index contributed by atoms with van der Waals surface area (Å²) in [5.41, 5.74) is 10.2. The molecule has 0 aliphatic rings. The summed E-state index contributed by atoms with van der Waals surface area (Å²) in [6, 6.07) is 16.4. The van der Waals surface area contributed by atoms with Crippen LogP contribution in [-0.2, 0) is 13.0 Å². The van der Waals surface area contributed by atoms with Crippen molar-refractivity contribution in [2.45, 2.75) is 19.9 Å². The second-order valence-corrected chi connectivity index (χ2v) is 5.77. The van der Waals surface area contributed by atoms with Crippen molar-refractivity contribution >= 4 is 5.82 Å². The summed E-state index contributed by atoms with van der Waals surface area (Å²) in [4.78, 5) is 0. The minimum Gasteiger partial charge on any atom is -0.383 e. The SMILES string of the molecule is Cc1cccc(Cn2nc(Cc3ccc(F)cc3)c(C#N)c2N)c1. The van der Waals surface area contributed by atoms with Crippen molar-refractivity contribution in [1.29, 1.82) is 5.26 Å². The van der Waals surface area contributed by atoms with Gasteiger partial charge < -0.3 is 5.73 Å². The Morgan fingerprint density at radius 3 is 2.58 bits per heavy atom. The van der Waals surface area contributed by atoms with Crippen LogP contribution in [-0.4, -0.2) is 9.78 Å². The normalized spacial score (nSPS) is 10.5. The van der Waals surface area contributed by atoms with E-state index in [-0.39, 0.29) is 5.82 Å². The van der Waals surface area contributed by atoms with Crippen molar-refractivity contribution in [2.24, 2.45) is 0 Å². The van der Waals surface area contributed by atoms with Gasteiger partial charge in [0.2, 0.25) is 0 Å². The molecule has 0 saturated carbocycles. The maximum Gasteiger partial charge on any atom is 0.140 e. The highest BCUT2D eigenvalue weighted by Gasteiger charge is 2.16. The Hall–Kier alpha value is -3.13. The zero-order valence-electron chi connectivity index (χ0n) is 13.3. The number of nitriles is 1. The molecule has 0 aliphatic carbocycles. The third kappa shape index (κ3) is 3.28. The van der Waals surface area contributed by atoms with Crippen LogP contribution in [0.25, 0.3) is 0 Å². The lowest BCUT2D eigenvalue weighted by atomic mass is 10.1. The molecule has 1 heterocycles. The monoisotopic (exact) mass is 320 g/mol. The molecule has 3 aromatic rings. The predicted molar refractivity (Wildman–Crippen MR) is 90.8 cm³/mol. The smallest absolute Gasteiger partial charge is 0.140 e. The molecule has 3 rings (SSSR count). The number of aromatic nitrogens is 2. The molecule has 0 radical (unpaired) electrons. The van der Waals surface area contributed by atoms with Gasteiger partial charge in [0.25, 0.3) is 0 Å². The van der Waals surface area contributed by atoms with Crippen LogP contribution in [0.15, 0.2) is 48.5 Å². The van der Waals surface area contributed by atoms with Gasteiger partial charge in [-0.1, -0.05) is 42.0 Å². The highest BCUT2D eigenvalue weighted by molar-refractivity contribution is 5.53. The number of nitrogen functional groups attached to an aromatic ring is 1. The number of anilines is 1. The van der Waals surface area contributed by atoms with E-state index in [2.05, 4.69) is 17.2 Å². The van der Waals surface area contributed by atoms with Gasteiger partial charge in [0.15, 0.2) is 0 Å². The van der Waals surface area contributed by atoms with Gasteiger partial charge in [-0.3, -0.25) is 0 Å². The van der Waals surface area contributed by atoms with Crippen molar-refractivity contribution in [3.63, 3.8) is 0 Å². The largest absolute Gasteiger partial charge is 0.383 e. The second kappa shape index (κ2) is 6.55. The Labute approximate surface area is 140 Å². The van der Waals surface area contributed by atoms with E-state index in [0.29, 0.717) is 30.0 Å². The Balaban J connectivity index is 1.91. The van der Waals surface area contributed by atoms with Crippen LogP contribution in [0.4, 0.5) is 10.2 Å². The Bertz CT molecular complexity index is 904. The summed E-state index contributed by atoms with van der Waals surface area (Å²) in [6.45, 7) is 2.53. The maximum atomic E-state index is 13.0. The fourth-order valence-corrected chi connectivity index (χ4v) is 2.67. The number of aryl methyl sites for hydroxylation is 1. The highest BCUT2D eigenvalue weighted by Crippen LogP contribution is 2.20. The molecule has 0 spiro atoms. The van der Waals surface area contributed by atoms with Crippen LogP contribution in [0, 0.1) is 24.1 Å². The molecular weight excluding hydrogens is 303 g/mol. The predicted octanol–water partition coefficient (Wildman–Crippen LogP) is 3.42. The van der Waals surface area contributed by atoms with Crippen molar-refractivity contribution < 1.29 is 4.39 Å². The number of hydrogen-bond donors (Lipinski definition) is 1. The van der Waals surface area contributed by atoms with Gasteiger partial charge in [0, 0.05) is 6.42 Å². The molecule has 24 heavy (non-hydrogen) atoms. The van der Waals surface area contributed by atoms with E-state index in [0.717, 1.165) is 16.7 Å². The first kappa shape index (κ1) is 15.8. The number of benzene rings is 2. The fourth-order valence-electron chi connectivity index (χ4n) is 2.67. The molecule has 0 amide bonds. The third-order valence-electron chi connectivity index (χ3n) is 3.88. The van der Waals surface area contributed by atoms with E-state index >= 15 is 0 Å². The molecule has 120 valence electrons. The summed E-state index contributed by atoms with van der Waals surface area (Å²) in [6.07, 6.45) is 0.439. The van der Waals surface area contributed by atoms with E-state index in [1.165, 1.54) is 12.1 Å². The minimum absolute atomic E-state index is 0.288. The molecule has 5 heteroatoms. The Kier molecular flexibility index (Phi) is 4.30. The van der Waals surface area contributed by atoms with Gasteiger partial charge in [-0.2, -0.15) is 10.4 Å². The number of nitrogens with two attached hydrogens (primary N) is 1. The molecular formula is C19H17FN4. The lowest BCUT2D eigenvalue weighted by molar-refractivity contribution is 0.627. The zero-order chi connectivity index (χ0) is 17.1. The molecule has 1 aromatic heterocycles. The van der Waals surface area contributed by atoms with E-state index in [9.17, 15) is 9.65 Å². The number of nitrogens with zero attached hydrogens (tertiary/aromatic N) is 3. The molecule has 2 N–H and O–H groups in total. The van der Waals surface area contributed by atoms with Crippen LogP contribution >= 0.6 is 0 Å². The summed E-state index contributed by atoms with van der Waals surface area (Å²) in [5.74, 6) is 0.0693. The first-order valence-corrected chi connectivity index (χ1v) is 7.62.